The van der Waals surface area contributed by atoms with Crippen molar-refractivity contribution >= 4 is 45.6 Å². The van der Waals surface area contributed by atoms with Gasteiger partial charge in [0.1, 0.15) is 0 Å². The summed E-state index contributed by atoms with van der Waals surface area (Å²) in [6.45, 7) is 3.44. The van der Waals surface area contributed by atoms with Crippen molar-refractivity contribution in [2.45, 2.75) is 19.9 Å². The third kappa shape index (κ3) is 8.14. The molecule has 0 saturated carbocycles. The molecule has 2 amide bonds. The second-order valence-electron chi connectivity index (χ2n) is 5.49. The van der Waals surface area contributed by atoms with Gasteiger partial charge in [-0.05, 0) is 30.2 Å². The Hall–Kier alpha value is -1.84. The number of amides is 2. The van der Waals surface area contributed by atoms with E-state index in [-0.39, 0.29) is 30.8 Å². The molecule has 1 aromatic carbocycles. The molecule has 0 unspecified atom stereocenters. The lowest BCUT2D eigenvalue weighted by Crippen LogP contribution is -2.46. The molecule has 1 aromatic rings. The molecule has 10 heteroatoms. The first-order chi connectivity index (χ1) is 10.6. The van der Waals surface area contributed by atoms with Crippen molar-refractivity contribution in [1.29, 1.82) is 0 Å². The van der Waals surface area contributed by atoms with Crippen LogP contribution in [0.25, 0.3) is 0 Å². The normalized spacial score (nSPS) is 12.0. The lowest BCUT2D eigenvalue weighted by molar-refractivity contribution is -0.125. The van der Waals surface area contributed by atoms with E-state index < -0.39 is 22.0 Å². The van der Waals surface area contributed by atoms with E-state index in [1.54, 1.807) is 12.1 Å². The molecule has 136 valence electrons. The van der Waals surface area contributed by atoms with Crippen LogP contribution in [0, 0.1) is 5.92 Å². The fourth-order valence-electron chi connectivity index (χ4n) is 1.63. The minimum Gasteiger partial charge on any atom is -0.346 e. The van der Waals surface area contributed by atoms with Gasteiger partial charge in [-0.3, -0.25) is 14.3 Å². The molecular weight excluding hydrogens is 356 g/mol. The van der Waals surface area contributed by atoms with Crippen molar-refractivity contribution in [2.75, 3.05) is 22.8 Å². The molecule has 0 heterocycles. The van der Waals surface area contributed by atoms with Crippen molar-refractivity contribution in [2.24, 2.45) is 11.7 Å². The molecule has 1 atom stereocenters. The molecule has 0 aromatic heterocycles. The van der Waals surface area contributed by atoms with Crippen molar-refractivity contribution in [3.8, 4) is 0 Å². The lowest BCUT2D eigenvalue weighted by atomic mass is 10.1. The molecule has 24 heavy (non-hydrogen) atoms. The zero-order valence-corrected chi connectivity index (χ0v) is 15.3. The van der Waals surface area contributed by atoms with Gasteiger partial charge in [0.25, 0.3) is 0 Å². The number of anilines is 2. The fraction of sp³-hybridized carbons (Fsp3) is 0.429. The van der Waals surface area contributed by atoms with Crippen molar-refractivity contribution < 1.29 is 18.0 Å². The Labute approximate surface area is 148 Å². The first-order valence-corrected chi connectivity index (χ1v) is 8.88. The van der Waals surface area contributed by atoms with Crippen LogP contribution in [-0.4, -0.2) is 39.1 Å². The maximum absolute atomic E-state index is 11.7. The van der Waals surface area contributed by atoms with E-state index in [0.717, 1.165) is 6.26 Å². The number of hydrogen-bond acceptors (Lipinski definition) is 5. The molecule has 0 saturated heterocycles. The number of nitrogens with two attached hydrogens (primary N) is 1. The monoisotopic (exact) mass is 378 g/mol. The van der Waals surface area contributed by atoms with Crippen LogP contribution in [-0.2, 0) is 19.6 Å². The number of carbonyl (C=O) groups excluding carboxylic acids is 2. The first kappa shape index (κ1) is 22.2. The summed E-state index contributed by atoms with van der Waals surface area (Å²) in [5, 5.41) is 5.04. The van der Waals surface area contributed by atoms with Crippen molar-refractivity contribution in [3.05, 3.63) is 24.3 Å². The Morgan fingerprint density at radius 3 is 2.08 bits per heavy atom. The maximum Gasteiger partial charge on any atom is 0.243 e. The molecule has 0 radical (unpaired) electrons. The van der Waals surface area contributed by atoms with Gasteiger partial charge in [0.05, 0.1) is 18.8 Å². The van der Waals surface area contributed by atoms with Gasteiger partial charge < -0.3 is 16.4 Å². The summed E-state index contributed by atoms with van der Waals surface area (Å²) in [6.07, 6.45) is 1.05. The van der Waals surface area contributed by atoms with Crippen LogP contribution in [0.15, 0.2) is 24.3 Å². The molecule has 0 bridgehead atoms. The molecular formula is C14H23ClN4O4S. The van der Waals surface area contributed by atoms with E-state index in [4.69, 9.17) is 5.73 Å². The van der Waals surface area contributed by atoms with Gasteiger partial charge in [0, 0.05) is 11.4 Å². The average molecular weight is 379 g/mol. The maximum atomic E-state index is 11.7. The third-order valence-corrected chi connectivity index (χ3v) is 3.52. The highest BCUT2D eigenvalue weighted by Gasteiger charge is 2.17. The fourth-order valence-corrected chi connectivity index (χ4v) is 2.19. The number of nitrogens with one attached hydrogen (secondary N) is 3. The van der Waals surface area contributed by atoms with E-state index in [1.807, 2.05) is 13.8 Å². The van der Waals surface area contributed by atoms with Crippen LogP contribution in [0.5, 0.6) is 0 Å². The van der Waals surface area contributed by atoms with Gasteiger partial charge in [0.2, 0.25) is 21.8 Å². The molecule has 0 fully saturated rings. The SMILES string of the molecule is CC(C)[C@H](N)C(=O)NCC(=O)Nc1ccc(NS(C)(=O)=O)cc1.Cl. The quantitative estimate of drug-likeness (QED) is 0.549. The predicted octanol–water partition coefficient (Wildman–Crippen LogP) is 0.518. The topological polar surface area (TPSA) is 130 Å². The van der Waals surface area contributed by atoms with Gasteiger partial charge in [-0.15, -0.1) is 12.4 Å². The van der Waals surface area contributed by atoms with Crippen LogP contribution in [0.2, 0.25) is 0 Å². The smallest absolute Gasteiger partial charge is 0.243 e. The summed E-state index contributed by atoms with van der Waals surface area (Å²) in [5.74, 6) is -0.811. The van der Waals surface area contributed by atoms with Crippen molar-refractivity contribution in [3.63, 3.8) is 0 Å². The lowest BCUT2D eigenvalue weighted by Gasteiger charge is -2.15. The number of hydrogen-bond donors (Lipinski definition) is 4. The summed E-state index contributed by atoms with van der Waals surface area (Å²) >= 11 is 0. The van der Waals surface area contributed by atoms with Crippen molar-refractivity contribution in [1.82, 2.24) is 5.32 Å². The molecule has 0 spiro atoms. The van der Waals surface area contributed by atoms with Gasteiger partial charge in [-0.1, -0.05) is 13.8 Å². The zero-order chi connectivity index (χ0) is 17.6. The largest absolute Gasteiger partial charge is 0.346 e. The number of benzene rings is 1. The summed E-state index contributed by atoms with van der Waals surface area (Å²) in [7, 11) is -3.34. The Morgan fingerprint density at radius 2 is 1.62 bits per heavy atom. The van der Waals surface area contributed by atoms with Crippen LogP contribution < -0.4 is 21.1 Å². The van der Waals surface area contributed by atoms with Crippen LogP contribution >= 0.6 is 12.4 Å². The Balaban J connectivity index is 0.00000529. The highest BCUT2D eigenvalue weighted by atomic mass is 35.5. The third-order valence-electron chi connectivity index (χ3n) is 2.92. The van der Waals surface area contributed by atoms with Crippen LogP contribution in [0.3, 0.4) is 0 Å². The van der Waals surface area contributed by atoms with Crippen LogP contribution in [0.1, 0.15) is 13.8 Å². The zero-order valence-electron chi connectivity index (χ0n) is 13.7. The Kier molecular flexibility index (Phi) is 8.73. The van der Waals surface area contributed by atoms with E-state index in [1.165, 1.54) is 12.1 Å². The number of rotatable bonds is 7. The molecule has 8 nitrogen and oxygen atoms in total. The highest BCUT2D eigenvalue weighted by Crippen LogP contribution is 2.14. The second kappa shape index (κ2) is 9.45. The Bertz CT molecular complexity index is 662. The second-order valence-corrected chi connectivity index (χ2v) is 7.24. The minimum atomic E-state index is -3.34. The molecule has 0 aliphatic heterocycles. The van der Waals surface area contributed by atoms with E-state index >= 15 is 0 Å². The molecule has 0 aliphatic carbocycles. The van der Waals surface area contributed by atoms with E-state index in [9.17, 15) is 18.0 Å². The van der Waals surface area contributed by atoms with Crippen LogP contribution in [0.4, 0.5) is 11.4 Å². The van der Waals surface area contributed by atoms with E-state index in [2.05, 4.69) is 15.4 Å². The number of sulfonamides is 1. The highest BCUT2D eigenvalue weighted by molar-refractivity contribution is 7.92. The number of halogens is 1. The molecule has 1 rings (SSSR count). The average Bonchev–Trinajstić information content (AvgIpc) is 2.44. The Morgan fingerprint density at radius 1 is 1.12 bits per heavy atom. The minimum absolute atomic E-state index is 0. The molecule has 5 N–H and O–H groups in total. The first-order valence-electron chi connectivity index (χ1n) is 6.99. The van der Waals surface area contributed by atoms with Gasteiger partial charge in [0.15, 0.2) is 0 Å². The summed E-state index contributed by atoms with van der Waals surface area (Å²) in [5.41, 5.74) is 6.54. The summed E-state index contributed by atoms with van der Waals surface area (Å²) in [6, 6.07) is 5.47. The van der Waals surface area contributed by atoms with Gasteiger partial charge in [-0.2, -0.15) is 0 Å². The molecule has 0 aliphatic rings. The number of carbonyl (C=O) groups is 2. The van der Waals surface area contributed by atoms with Gasteiger partial charge in [-0.25, -0.2) is 8.42 Å². The van der Waals surface area contributed by atoms with Gasteiger partial charge >= 0.3 is 0 Å². The summed E-state index contributed by atoms with van der Waals surface area (Å²) in [4.78, 5) is 23.4. The van der Waals surface area contributed by atoms with E-state index in [0.29, 0.717) is 11.4 Å². The standard InChI is InChI=1S/C14H22N4O4S.ClH/c1-9(2)13(15)14(20)16-8-12(19)17-10-4-6-11(7-5-10)18-23(3,21)22;/h4-7,9,13,18H,8,15H2,1-3H3,(H,16,20)(H,17,19);1H/t13-;/m0./s1. The predicted molar refractivity (Wildman–Crippen MR) is 96.6 cm³/mol. The summed E-state index contributed by atoms with van der Waals surface area (Å²) < 4.78 is 24.5.